The van der Waals surface area contributed by atoms with Gasteiger partial charge >= 0.3 is 0 Å². The lowest BCUT2D eigenvalue weighted by molar-refractivity contribution is -0.0856. The summed E-state index contributed by atoms with van der Waals surface area (Å²) in [5.74, 6) is 2.25. The second-order valence-electron chi connectivity index (χ2n) is 11.0. The Morgan fingerprint density at radius 1 is 1.03 bits per heavy atom. The first-order valence-corrected chi connectivity index (χ1v) is 12.6. The Balaban J connectivity index is 1.41. The van der Waals surface area contributed by atoms with Gasteiger partial charge in [0.2, 0.25) is 0 Å². The molecule has 0 spiro atoms. The molecule has 3 N–H and O–H groups in total. The molecule has 0 aromatic heterocycles. The van der Waals surface area contributed by atoms with Crippen LogP contribution in [0.1, 0.15) is 69.8 Å². The highest BCUT2D eigenvalue weighted by atomic mass is 35.5. The Labute approximate surface area is 186 Å². The lowest BCUT2D eigenvalue weighted by Crippen LogP contribution is -2.63. The van der Waals surface area contributed by atoms with Gasteiger partial charge in [-0.1, -0.05) is 42.5 Å². The maximum Gasteiger partial charge on any atom is 0.0818 e. The van der Waals surface area contributed by atoms with Crippen molar-refractivity contribution >= 4 is 28.8 Å². The molecule has 4 bridgehead atoms. The van der Waals surface area contributed by atoms with Crippen LogP contribution in [0.15, 0.2) is 30.3 Å². The highest BCUT2D eigenvalue weighted by Crippen LogP contribution is 2.70. The third kappa shape index (κ3) is 3.46. The van der Waals surface area contributed by atoms with Crippen molar-refractivity contribution in [1.82, 2.24) is 5.32 Å². The summed E-state index contributed by atoms with van der Waals surface area (Å²) >= 11 is 12.9. The van der Waals surface area contributed by atoms with Crippen LogP contribution >= 0.6 is 23.8 Å². The molecule has 5 aliphatic carbocycles. The summed E-state index contributed by atoms with van der Waals surface area (Å²) in [6.07, 6.45) is 12.5. The zero-order chi connectivity index (χ0) is 20.1. The summed E-state index contributed by atoms with van der Waals surface area (Å²) in [5, 5.41) is 3.88. The molecule has 29 heavy (non-hydrogen) atoms. The van der Waals surface area contributed by atoms with Gasteiger partial charge < -0.3 is 11.1 Å². The molecule has 4 atom stereocenters. The van der Waals surface area contributed by atoms with Crippen LogP contribution in [0.25, 0.3) is 0 Å². The number of hydrogen-bond donors (Lipinski definition) is 2. The van der Waals surface area contributed by atoms with Crippen molar-refractivity contribution in [3.05, 3.63) is 35.9 Å². The molecule has 5 saturated carbocycles. The van der Waals surface area contributed by atoms with Crippen LogP contribution in [0.4, 0.5) is 0 Å². The minimum Gasteiger partial charge on any atom is -0.376 e. The lowest BCUT2D eigenvalue weighted by atomic mass is 9.38. The predicted molar refractivity (Wildman–Crippen MR) is 125 cm³/mol. The van der Waals surface area contributed by atoms with Gasteiger partial charge in [0.25, 0.3) is 0 Å². The molecule has 5 aliphatic rings. The SMILES string of the molecule is NCC1CCC(NC(=S)C23CC4CC(CCl)(C2)CC(c2ccccc2)(C4)C3)CC1. The first-order chi connectivity index (χ1) is 14.0. The largest absolute Gasteiger partial charge is 0.376 e. The van der Waals surface area contributed by atoms with Gasteiger partial charge in [0.15, 0.2) is 0 Å². The fourth-order valence-electron chi connectivity index (χ4n) is 8.03. The Bertz CT molecular complexity index is 761. The van der Waals surface area contributed by atoms with Crippen LogP contribution in [0.2, 0.25) is 0 Å². The minimum absolute atomic E-state index is 0.143. The van der Waals surface area contributed by atoms with E-state index in [1.165, 1.54) is 69.8 Å². The molecule has 0 aliphatic heterocycles. The molecule has 2 nitrogen and oxygen atoms in total. The molecule has 4 unspecified atom stereocenters. The van der Waals surface area contributed by atoms with Crippen molar-refractivity contribution < 1.29 is 0 Å². The van der Waals surface area contributed by atoms with E-state index in [2.05, 4.69) is 35.6 Å². The molecule has 1 aromatic rings. The fraction of sp³-hybridized carbons (Fsp3) is 0.720. The zero-order valence-corrected chi connectivity index (χ0v) is 19.0. The van der Waals surface area contributed by atoms with Gasteiger partial charge in [0.05, 0.1) is 4.99 Å². The molecule has 6 rings (SSSR count). The van der Waals surface area contributed by atoms with Crippen molar-refractivity contribution in [3.63, 3.8) is 0 Å². The number of hydrogen-bond acceptors (Lipinski definition) is 2. The van der Waals surface area contributed by atoms with E-state index in [1.807, 2.05) is 0 Å². The number of rotatable bonds is 5. The van der Waals surface area contributed by atoms with Gasteiger partial charge in [0, 0.05) is 17.3 Å². The topological polar surface area (TPSA) is 38.0 Å². The average molecular weight is 431 g/mol. The summed E-state index contributed by atoms with van der Waals surface area (Å²) in [6.45, 7) is 0.834. The second-order valence-corrected chi connectivity index (χ2v) is 11.7. The number of halogens is 1. The molecule has 158 valence electrons. The van der Waals surface area contributed by atoms with E-state index in [1.54, 1.807) is 0 Å². The predicted octanol–water partition coefficient (Wildman–Crippen LogP) is 5.57. The molecular formula is C25H35ClN2S. The molecule has 0 heterocycles. The summed E-state index contributed by atoms with van der Waals surface area (Å²) in [7, 11) is 0. The van der Waals surface area contributed by atoms with Gasteiger partial charge in [-0.25, -0.2) is 0 Å². The van der Waals surface area contributed by atoms with Gasteiger partial charge in [-0.05, 0) is 99.0 Å². The molecule has 4 heteroatoms. The quantitative estimate of drug-likeness (QED) is 0.473. The van der Waals surface area contributed by atoms with Crippen molar-refractivity contribution in [1.29, 1.82) is 0 Å². The molecule has 0 amide bonds. The highest BCUT2D eigenvalue weighted by molar-refractivity contribution is 7.80. The van der Waals surface area contributed by atoms with Crippen LogP contribution in [0.3, 0.4) is 0 Å². The van der Waals surface area contributed by atoms with Crippen molar-refractivity contribution in [3.8, 4) is 0 Å². The molecule has 0 radical (unpaired) electrons. The van der Waals surface area contributed by atoms with E-state index in [9.17, 15) is 0 Å². The smallest absolute Gasteiger partial charge is 0.0818 e. The summed E-state index contributed by atoms with van der Waals surface area (Å²) in [5.41, 5.74) is 8.09. The maximum absolute atomic E-state index is 6.69. The van der Waals surface area contributed by atoms with Gasteiger partial charge in [-0.2, -0.15) is 0 Å². The minimum atomic E-state index is 0.143. The normalized spacial score (nSPS) is 43.3. The van der Waals surface area contributed by atoms with Crippen LogP contribution < -0.4 is 11.1 Å². The number of alkyl halides is 1. The zero-order valence-electron chi connectivity index (χ0n) is 17.5. The van der Waals surface area contributed by atoms with Gasteiger partial charge in [-0.15, -0.1) is 11.6 Å². The average Bonchev–Trinajstić information content (AvgIpc) is 2.74. The van der Waals surface area contributed by atoms with Crippen LogP contribution in [0.5, 0.6) is 0 Å². The Morgan fingerprint density at radius 2 is 1.79 bits per heavy atom. The van der Waals surface area contributed by atoms with E-state index in [0.29, 0.717) is 12.0 Å². The molecule has 5 fully saturated rings. The Morgan fingerprint density at radius 3 is 2.48 bits per heavy atom. The monoisotopic (exact) mass is 430 g/mol. The third-order valence-corrected chi connectivity index (χ3v) is 9.97. The van der Waals surface area contributed by atoms with E-state index in [-0.39, 0.29) is 16.2 Å². The standard InChI is InChI=1S/C25H35ClN2S/c26-17-23-10-19-11-24(14-23,20-4-2-1-3-5-20)16-25(12-19,15-23)22(29)28-21-8-6-18(13-27)7-9-21/h1-5,18-19,21H,6-17,27H2,(H,28,29). The van der Waals surface area contributed by atoms with Crippen LogP contribution in [0, 0.1) is 22.7 Å². The third-order valence-electron chi connectivity index (χ3n) is 8.85. The molecule has 0 saturated heterocycles. The Hall–Kier alpha value is -0.640. The molecular weight excluding hydrogens is 396 g/mol. The van der Waals surface area contributed by atoms with E-state index in [0.717, 1.165) is 23.3 Å². The van der Waals surface area contributed by atoms with E-state index >= 15 is 0 Å². The summed E-state index contributed by atoms with van der Waals surface area (Å²) < 4.78 is 0. The van der Waals surface area contributed by atoms with Crippen molar-refractivity contribution in [2.24, 2.45) is 28.4 Å². The van der Waals surface area contributed by atoms with Gasteiger partial charge in [0.1, 0.15) is 0 Å². The molecule has 1 aromatic carbocycles. The number of nitrogens with two attached hydrogens (primary N) is 1. The van der Waals surface area contributed by atoms with E-state index in [4.69, 9.17) is 29.6 Å². The maximum atomic E-state index is 6.69. The fourth-order valence-corrected chi connectivity index (χ4v) is 8.73. The van der Waals surface area contributed by atoms with Crippen molar-refractivity contribution in [2.75, 3.05) is 12.4 Å². The van der Waals surface area contributed by atoms with Crippen LogP contribution in [-0.4, -0.2) is 23.5 Å². The lowest BCUT2D eigenvalue weighted by Gasteiger charge is -2.67. The number of benzene rings is 1. The summed E-state index contributed by atoms with van der Waals surface area (Å²) in [6, 6.07) is 11.8. The van der Waals surface area contributed by atoms with Crippen LogP contribution in [-0.2, 0) is 5.41 Å². The second kappa shape index (κ2) is 7.50. The number of nitrogens with one attached hydrogen (secondary N) is 1. The first kappa shape index (κ1) is 20.3. The highest BCUT2D eigenvalue weighted by Gasteiger charge is 2.64. The van der Waals surface area contributed by atoms with Gasteiger partial charge in [-0.3, -0.25) is 0 Å². The Kier molecular flexibility index (Phi) is 5.24. The van der Waals surface area contributed by atoms with E-state index < -0.39 is 0 Å². The number of thiocarbonyl (C=S) groups is 1. The van der Waals surface area contributed by atoms with Crippen molar-refractivity contribution in [2.45, 2.75) is 75.7 Å². The summed E-state index contributed by atoms with van der Waals surface area (Å²) in [4.78, 5) is 1.16. The first-order valence-electron chi connectivity index (χ1n) is 11.6.